The molecule has 1 N–H and O–H groups in total. The summed E-state index contributed by atoms with van der Waals surface area (Å²) < 4.78 is 5.81. The van der Waals surface area contributed by atoms with E-state index < -0.39 is 0 Å². The van der Waals surface area contributed by atoms with Gasteiger partial charge in [0.25, 0.3) is 0 Å². The molecule has 0 amide bonds. The highest BCUT2D eigenvalue weighted by Gasteiger charge is 2.27. The maximum atomic E-state index is 5.81. The molecule has 0 aromatic heterocycles. The molecule has 2 nitrogen and oxygen atoms in total. The largest absolute Gasteiger partial charge is 0.374 e. The molecule has 12 heavy (non-hydrogen) atoms. The topological polar surface area (TPSA) is 21.3 Å². The minimum atomic E-state index is 0.370. The average Bonchev–Trinajstić information content (AvgIpc) is 2.37. The van der Waals surface area contributed by atoms with E-state index in [1.54, 1.807) is 0 Å². The predicted octanol–water partition coefficient (Wildman–Crippen LogP) is 1.94. The van der Waals surface area contributed by atoms with Crippen LogP contribution >= 0.6 is 0 Å². The predicted molar refractivity (Wildman–Crippen MR) is 51.3 cm³/mol. The zero-order valence-corrected chi connectivity index (χ0v) is 8.47. The van der Waals surface area contributed by atoms with Gasteiger partial charge in [-0.1, -0.05) is 6.92 Å². The van der Waals surface area contributed by atoms with E-state index in [2.05, 4.69) is 26.1 Å². The van der Waals surface area contributed by atoms with Crippen LogP contribution in [-0.4, -0.2) is 24.8 Å². The van der Waals surface area contributed by atoms with Crippen molar-refractivity contribution in [3.05, 3.63) is 0 Å². The van der Waals surface area contributed by atoms with Gasteiger partial charge in [-0.2, -0.15) is 0 Å². The summed E-state index contributed by atoms with van der Waals surface area (Å²) in [4.78, 5) is 0. The van der Waals surface area contributed by atoms with Gasteiger partial charge in [0, 0.05) is 6.04 Å². The van der Waals surface area contributed by atoms with E-state index in [9.17, 15) is 0 Å². The van der Waals surface area contributed by atoms with E-state index in [0.717, 1.165) is 6.54 Å². The fourth-order valence-corrected chi connectivity index (χ4v) is 1.93. The molecule has 0 bridgehead atoms. The molecule has 0 radical (unpaired) electrons. The number of ether oxygens (including phenoxy) is 1. The second kappa shape index (κ2) is 4.83. The number of hydrogen-bond donors (Lipinski definition) is 1. The Kier molecular flexibility index (Phi) is 4.02. The van der Waals surface area contributed by atoms with E-state index in [0.29, 0.717) is 18.2 Å². The summed E-state index contributed by atoms with van der Waals surface area (Å²) in [5, 5.41) is 3.47. The van der Waals surface area contributed by atoms with Crippen molar-refractivity contribution < 1.29 is 4.74 Å². The van der Waals surface area contributed by atoms with E-state index in [4.69, 9.17) is 4.74 Å². The third-order valence-corrected chi connectivity index (χ3v) is 2.37. The molecule has 1 aliphatic rings. The Bertz CT molecular complexity index is 125. The van der Waals surface area contributed by atoms with Gasteiger partial charge >= 0.3 is 0 Å². The SMILES string of the molecule is CCN[C@H]1CCC[C@@H]1OC(C)C. The summed E-state index contributed by atoms with van der Waals surface area (Å²) in [5.74, 6) is 0. The summed E-state index contributed by atoms with van der Waals surface area (Å²) in [6.07, 6.45) is 4.66. The van der Waals surface area contributed by atoms with Crippen molar-refractivity contribution in [3.8, 4) is 0 Å². The molecule has 0 heterocycles. The second-order valence-electron chi connectivity index (χ2n) is 3.82. The maximum Gasteiger partial charge on any atom is 0.0731 e. The van der Waals surface area contributed by atoms with Crippen LogP contribution < -0.4 is 5.32 Å². The molecule has 0 spiro atoms. The van der Waals surface area contributed by atoms with Gasteiger partial charge in [0.15, 0.2) is 0 Å². The highest BCUT2D eigenvalue weighted by molar-refractivity contribution is 4.83. The first kappa shape index (κ1) is 10.0. The molecule has 2 atom stereocenters. The second-order valence-corrected chi connectivity index (χ2v) is 3.82. The normalized spacial score (nSPS) is 30.0. The van der Waals surface area contributed by atoms with Gasteiger partial charge in [0.2, 0.25) is 0 Å². The summed E-state index contributed by atoms with van der Waals surface area (Å²) in [6, 6.07) is 0.609. The summed E-state index contributed by atoms with van der Waals surface area (Å²) in [5.41, 5.74) is 0. The quantitative estimate of drug-likeness (QED) is 0.698. The maximum absolute atomic E-state index is 5.81. The lowest BCUT2D eigenvalue weighted by Gasteiger charge is -2.22. The molecule has 2 heteroatoms. The van der Waals surface area contributed by atoms with Crippen LogP contribution in [0.2, 0.25) is 0 Å². The van der Waals surface area contributed by atoms with Crippen molar-refractivity contribution in [2.24, 2.45) is 0 Å². The molecular formula is C10H21NO. The number of hydrogen-bond acceptors (Lipinski definition) is 2. The first-order chi connectivity index (χ1) is 5.74. The molecule has 1 fully saturated rings. The van der Waals surface area contributed by atoms with Crippen LogP contribution in [0.4, 0.5) is 0 Å². The Morgan fingerprint density at radius 1 is 1.42 bits per heavy atom. The zero-order chi connectivity index (χ0) is 8.97. The molecule has 0 aliphatic heterocycles. The van der Waals surface area contributed by atoms with Crippen molar-refractivity contribution >= 4 is 0 Å². The summed E-state index contributed by atoms with van der Waals surface area (Å²) >= 11 is 0. The van der Waals surface area contributed by atoms with Gasteiger partial charge < -0.3 is 10.1 Å². The monoisotopic (exact) mass is 171 g/mol. The highest BCUT2D eigenvalue weighted by atomic mass is 16.5. The lowest BCUT2D eigenvalue weighted by molar-refractivity contribution is -0.00203. The van der Waals surface area contributed by atoms with Crippen LogP contribution in [0.1, 0.15) is 40.0 Å². The average molecular weight is 171 g/mol. The Morgan fingerprint density at radius 3 is 2.75 bits per heavy atom. The van der Waals surface area contributed by atoms with Crippen LogP contribution in [0.3, 0.4) is 0 Å². The van der Waals surface area contributed by atoms with Crippen LogP contribution in [-0.2, 0) is 4.74 Å². The molecule has 72 valence electrons. The van der Waals surface area contributed by atoms with Crippen LogP contribution in [0.5, 0.6) is 0 Å². The Hall–Kier alpha value is -0.0800. The molecule has 1 aliphatic carbocycles. The van der Waals surface area contributed by atoms with E-state index in [1.165, 1.54) is 19.3 Å². The Morgan fingerprint density at radius 2 is 2.17 bits per heavy atom. The third kappa shape index (κ3) is 2.76. The van der Waals surface area contributed by atoms with E-state index in [1.807, 2.05) is 0 Å². The van der Waals surface area contributed by atoms with Crippen molar-refractivity contribution in [1.82, 2.24) is 5.32 Å². The van der Waals surface area contributed by atoms with Gasteiger partial charge in [-0.15, -0.1) is 0 Å². The fraction of sp³-hybridized carbons (Fsp3) is 1.00. The standard InChI is InChI=1S/C10H21NO/c1-4-11-9-6-5-7-10(9)12-8(2)3/h8-11H,4-7H2,1-3H3/t9-,10-/m0/s1. The van der Waals surface area contributed by atoms with Gasteiger partial charge in [0.1, 0.15) is 0 Å². The molecule has 0 saturated heterocycles. The molecule has 0 aromatic carbocycles. The van der Waals surface area contributed by atoms with E-state index in [-0.39, 0.29) is 0 Å². The van der Waals surface area contributed by atoms with Crippen molar-refractivity contribution in [2.75, 3.05) is 6.54 Å². The first-order valence-corrected chi connectivity index (χ1v) is 5.13. The molecule has 0 unspecified atom stereocenters. The smallest absolute Gasteiger partial charge is 0.0731 e. The van der Waals surface area contributed by atoms with Crippen LogP contribution in [0, 0.1) is 0 Å². The molecule has 1 saturated carbocycles. The third-order valence-electron chi connectivity index (χ3n) is 2.37. The summed E-state index contributed by atoms with van der Waals surface area (Å²) in [6.45, 7) is 7.44. The molecular weight excluding hydrogens is 150 g/mol. The lowest BCUT2D eigenvalue weighted by atomic mass is 10.2. The van der Waals surface area contributed by atoms with Gasteiger partial charge in [-0.05, 0) is 39.7 Å². The molecule has 1 rings (SSSR count). The van der Waals surface area contributed by atoms with Crippen molar-refractivity contribution in [1.29, 1.82) is 0 Å². The van der Waals surface area contributed by atoms with Crippen LogP contribution in [0.15, 0.2) is 0 Å². The van der Waals surface area contributed by atoms with Gasteiger partial charge in [-0.3, -0.25) is 0 Å². The van der Waals surface area contributed by atoms with Gasteiger partial charge in [0.05, 0.1) is 12.2 Å². The summed E-state index contributed by atoms with van der Waals surface area (Å²) in [7, 11) is 0. The zero-order valence-electron chi connectivity index (χ0n) is 8.47. The highest BCUT2D eigenvalue weighted by Crippen LogP contribution is 2.22. The van der Waals surface area contributed by atoms with Crippen molar-refractivity contribution in [2.45, 2.75) is 58.3 Å². The first-order valence-electron chi connectivity index (χ1n) is 5.13. The van der Waals surface area contributed by atoms with Crippen LogP contribution in [0.25, 0.3) is 0 Å². The lowest BCUT2D eigenvalue weighted by Crippen LogP contribution is -2.38. The van der Waals surface area contributed by atoms with E-state index >= 15 is 0 Å². The fourth-order valence-electron chi connectivity index (χ4n) is 1.93. The number of likely N-dealkylation sites (N-methyl/N-ethyl adjacent to an activating group) is 1. The minimum Gasteiger partial charge on any atom is -0.374 e. The minimum absolute atomic E-state index is 0.370. The number of nitrogens with one attached hydrogen (secondary N) is 1. The van der Waals surface area contributed by atoms with Crippen molar-refractivity contribution in [3.63, 3.8) is 0 Å². The van der Waals surface area contributed by atoms with Gasteiger partial charge in [-0.25, -0.2) is 0 Å². The molecule has 0 aromatic rings. The Balaban J connectivity index is 2.30. The Labute approximate surface area is 75.7 Å². The number of rotatable bonds is 4.